The van der Waals surface area contributed by atoms with Crippen molar-refractivity contribution in [2.45, 2.75) is 6.42 Å². The molecule has 188 valence electrons. The standard InChI is InChI=1S/C24H27N7O4S/c32-21-19(36-24(34)28-21)15-18-16-20(29-11-13-35-14-12-29)27-22(25-18)30-7-4-8-31(10-9-30)23(33)26-17-5-2-1-3-6-17/h1-3,5-6,15-16H,4,7-14H2,(H,26,33)(H,28,32,34). The molecule has 0 aliphatic carbocycles. The number of thioether (sulfide) groups is 1. The number of benzene rings is 1. The lowest BCUT2D eigenvalue weighted by Crippen LogP contribution is -2.39. The second kappa shape index (κ2) is 11.0. The number of nitrogens with zero attached hydrogens (tertiary/aromatic N) is 5. The number of morpholine rings is 1. The third-order valence-electron chi connectivity index (χ3n) is 6.07. The zero-order valence-corrected chi connectivity index (χ0v) is 20.5. The molecule has 0 saturated carbocycles. The first-order chi connectivity index (χ1) is 17.5. The van der Waals surface area contributed by atoms with Crippen LogP contribution in [0.1, 0.15) is 12.1 Å². The topological polar surface area (TPSA) is 120 Å². The highest BCUT2D eigenvalue weighted by Gasteiger charge is 2.26. The molecule has 12 heteroatoms. The Hall–Kier alpha value is -3.64. The zero-order valence-electron chi connectivity index (χ0n) is 19.7. The number of rotatable bonds is 4. The number of carbonyl (C=O) groups excluding carboxylic acids is 3. The normalized spacial score (nSPS) is 19.9. The van der Waals surface area contributed by atoms with Gasteiger partial charge in [0.1, 0.15) is 5.82 Å². The number of anilines is 3. The summed E-state index contributed by atoms with van der Waals surface area (Å²) >= 11 is 0.862. The third-order valence-corrected chi connectivity index (χ3v) is 6.88. The third kappa shape index (κ3) is 5.77. The predicted octanol–water partition coefficient (Wildman–Crippen LogP) is 2.38. The molecule has 4 amide bonds. The van der Waals surface area contributed by atoms with E-state index in [4.69, 9.17) is 14.7 Å². The van der Waals surface area contributed by atoms with Gasteiger partial charge in [-0.2, -0.15) is 4.98 Å². The molecule has 2 aromatic rings. The highest BCUT2D eigenvalue weighted by Crippen LogP contribution is 2.27. The minimum atomic E-state index is -0.423. The van der Waals surface area contributed by atoms with Gasteiger partial charge < -0.3 is 24.8 Å². The molecule has 0 radical (unpaired) electrons. The number of imide groups is 1. The Morgan fingerprint density at radius 1 is 1.00 bits per heavy atom. The van der Waals surface area contributed by atoms with Gasteiger partial charge in [-0.1, -0.05) is 18.2 Å². The average Bonchev–Trinajstić information content (AvgIpc) is 3.07. The average molecular weight is 510 g/mol. The Bertz CT molecular complexity index is 1170. The molecule has 4 heterocycles. The molecule has 0 unspecified atom stereocenters. The molecular formula is C24H27N7O4S. The lowest BCUT2D eigenvalue weighted by molar-refractivity contribution is -0.115. The first-order valence-corrected chi connectivity index (χ1v) is 12.7. The minimum Gasteiger partial charge on any atom is -0.378 e. The maximum atomic E-state index is 12.8. The van der Waals surface area contributed by atoms with Crippen LogP contribution in [-0.4, -0.2) is 84.5 Å². The molecule has 2 N–H and O–H groups in total. The van der Waals surface area contributed by atoms with Gasteiger partial charge in [0.05, 0.1) is 23.8 Å². The van der Waals surface area contributed by atoms with E-state index in [1.807, 2.05) is 36.4 Å². The largest absolute Gasteiger partial charge is 0.378 e. The fourth-order valence-electron chi connectivity index (χ4n) is 4.21. The quantitative estimate of drug-likeness (QED) is 0.599. The fraction of sp³-hybridized carbons (Fsp3) is 0.375. The van der Waals surface area contributed by atoms with E-state index in [0.29, 0.717) is 69.0 Å². The van der Waals surface area contributed by atoms with Crippen molar-refractivity contribution in [2.24, 2.45) is 0 Å². The van der Waals surface area contributed by atoms with Gasteiger partial charge in [-0.05, 0) is 36.4 Å². The number of amides is 4. The molecule has 3 saturated heterocycles. The van der Waals surface area contributed by atoms with Crippen LogP contribution in [0.3, 0.4) is 0 Å². The van der Waals surface area contributed by atoms with Gasteiger partial charge in [0.2, 0.25) is 5.95 Å². The lowest BCUT2D eigenvalue weighted by Gasteiger charge is -2.29. The van der Waals surface area contributed by atoms with Gasteiger partial charge in [0.15, 0.2) is 0 Å². The van der Waals surface area contributed by atoms with Crippen molar-refractivity contribution in [3.63, 3.8) is 0 Å². The summed E-state index contributed by atoms with van der Waals surface area (Å²) in [7, 11) is 0. The number of hydrogen-bond acceptors (Lipinski definition) is 9. The summed E-state index contributed by atoms with van der Waals surface area (Å²) in [6, 6.07) is 11.1. The van der Waals surface area contributed by atoms with Crippen LogP contribution in [0.25, 0.3) is 6.08 Å². The van der Waals surface area contributed by atoms with Crippen molar-refractivity contribution in [2.75, 3.05) is 67.6 Å². The van der Waals surface area contributed by atoms with Gasteiger partial charge in [-0.15, -0.1) is 0 Å². The maximum Gasteiger partial charge on any atom is 0.321 e. The summed E-state index contributed by atoms with van der Waals surface area (Å²) in [6.07, 6.45) is 2.38. The highest BCUT2D eigenvalue weighted by atomic mass is 32.2. The molecular weight excluding hydrogens is 482 g/mol. The molecule has 3 aliphatic heterocycles. The van der Waals surface area contributed by atoms with E-state index < -0.39 is 11.1 Å². The Morgan fingerprint density at radius 3 is 2.56 bits per heavy atom. The second-order valence-electron chi connectivity index (χ2n) is 8.53. The van der Waals surface area contributed by atoms with Crippen LogP contribution in [0.4, 0.5) is 27.0 Å². The number of urea groups is 1. The summed E-state index contributed by atoms with van der Waals surface area (Å²) in [5.41, 5.74) is 1.31. The smallest absolute Gasteiger partial charge is 0.321 e. The van der Waals surface area contributed by atoms with Crippen LogP contribution in [0.2, 0.25) is 0 Å². The molecule has 1 aromatic heterocycles. The van der Waals surface area contributed by atoms with Gasteiger partial charge >= 0.3 is 6.03 Å². The van der Waals surface area contributed by atoms with Gasteiger partial charge in [-0.3, -0.25) is 14.9 Å². The number of para-hydroxylation sites is 1. The molecule has 5 rings (SSSR count). The molecule has 0 spiro atoms. The van der Waals surface area contributed by atoms with Crippen molar-refractivity contribution in [3.05, 3.63) is 47.0 Å². The molecule has 36 heavy (non-hydrogen) atoms. The summed E-state index contributed by atoms with van der Waals surface area (Å²) in [5, 5.41) is 4.83. The zero-order chi connectivity index (χ0) is 24.9. The van der Waals surface area contributed by atoms with E-state index in [1.165, 1.54) is 0 Å². The Kier molecular flexibility index (Phi) is 7.33. The number of ether oxygens (including phenoxy) is 1. The van der Waals surface area contributed by atoms with Crippen LogP contribution in [-0.2, 0) is 9.53 Å². The number of carbonyl (C=O) groups is 3. The predicted molar refractivity (Wildman–Crippen MR) is 138 cm³/mol. The minimum absolute atomic E-state index is 0.134. The maximum absolute atomic E-state index is 12.8. The van der Waals surface area contributed by atoms with Crippen LogP contribution in [0.15, 0.2) is 41.3 Å². The first kappa shape index (κ1) is 24.1. The van der Waals surface area contributed by atoms with E-state index in [9.17, 15) is 14.4 Å². The summed E-state index contributed by atoms with van der Waals surface area (Å²) in [4.78, 5) is 52.3. The van der Waals surface area contributed by atoms with Crippen molar-refractivity contribution in [1.82, 2.24) is 20.2 Å². The van der Waals surface area contributed by atoms with Crippen LogP contribution in [0.5, 0.6) is 0 Å². The molecule has 3 fully saturated rings. The first-order valence-electron chi connectivity index (χ1n) is 11.9. The number of hydrogen-bond donors (Lipinski definition) is 2. The molecule has 3 aliphatic rings. The van der Waals surface area contributed by atoms with E-state index in [2.05, 4.69) is 20.4 Å². The Labute approximate surface area is 212 Å². The summed E-state index contributed by atoms with van der Waals surface area (Å²) in [6.45, 7) is 5.02. The van der Waals surface area contributed by atoms with E-state index in [-0.39, 0.29) is 6.03 Å². The lowest BCUT2D eigenvalue weighted by atomic mass is 10.3. The Morgan fingerprint density at radius 2 is 1.81 bits per heavy atom. The van der Waals surface area contributed by atoms with Crippen molar-refractivity contribution in [3.8, 4) is 0 Å². The second-order valence-corrected chi connectivity index (χ2v) is 9.54. The monoisotopic (exact) mass is 509 g/mol. The summed E-state index contributed by atoms with van der Waals surface area (Å²) < 4.78 is 5.48. The molecule has 1 aromatic carbocycles. The number of nitrogens with one attached hydrogen (secondary N) is 2. The van der Waals surface area contributed by atoms with E-state index >= 15 is 0 Å². The van der Waals surface area contributed by atoms with E-state index in [0.717, 1.165) is 29.7 Å². The molecule has 11 nitrogen and oxygen atoms in total. The van der Waals surface area contributed by atoms with Crippen LogP contribution >= 0.6 is 11.8 Å². The number of aromatic nitrogens is 2. The van der Waals surface area contributed by atoms with Crippen molar-refractivity contribution >= 4 is 52.5 Å². The van der Waals surface area contributed by atoms with E-state index in [1.54, 1.807) is 11.0 Å². The van der Waals surface area contributed by atoms with Crippen LogP contribution < -0.4 is 20.4 Å². The molecule has 0 atom stereocenters. The fourth-order valence-corrected chi connectivity index (χ4v) is 4.88. The van der Waals surface area contributed by atoms with Crippen molar-refractivity contribution < 1.29 is 19.1 Å². The Balaban J connectivity index is 1.35. The van der Waals surface area contributed by atoms with Gasteiger partial charge in [0, 0.05) is 51.0 Å². The van der Waals surface area contributed by atoms with Crippen LogP contribution in [0, 0.1) is 0 Å². The van der Waals surface area contributed by atoms with Gasteiger partial charge in [0.25, 0.3) is 11.1 Å². The SMILES string of the molecule is O=C1NC(=O)C(=Cc2cc(N3CCOCC3)nc(N3CCCN(C(=O)Nc4ccccc4)CC3)n2)S1. The van der Waals surface area contributed by atoms with Gasteiger partial charge in [-0.25, -0.2) is 9.78 Å². The molecule has 0 bridgehead atoms. The highest BCUT2D eigenvalue weighted by molar-refractivity contribution is 8.18. The van der Waals surface area contributed by atoms with Crippen molar-refractivity contribution in [1.29, 1.82) is 0 Å². The summed E-state index contributed by atoms with van der Waals surface area (Å²) in [5.74, 6) is 0.853.